The van der Waals surface area contributed by atoms with E-state index in [-0.39, 0.29) is 5.78 Å². The van der Waals surface area contributed by atoms with Crippen molar-refractivity contribution in [2.24, 2.45) is 0 Å². The predicted octanol–water partition coefficient (Wildman–Crippen LogP) is 2.27. The van der Waals surface area contributed by atoms with Crippen LogP contribution in [0.3, 0.4) is 0 Å². The molecule has 2 aromatic carbocycles. The minimum absolute atomic E-state index is 0.177. The Balaban J connectivity index is 2.02. The monoisotopic (exact) mass is 388 g/mol. The van der Waals surface area contributed by atoms with Gasteiger partial charge in [-0.15, -0.1) is 0 Å². The van der Waals surface area contributed by atoms with Gasteiger partial charge in [-0.2, -0.15) is 0 Å². The molecule has 0 heterocycles. The van der Waals surface area contributed by atoms with E-state index in [1.54, 1.807) is 48.5 Å². The van der Waals surface area contributed by atoms with Crippen molar-refractivity contribution in [2.75, 3.05) is 16.4 Å². The number of carbonyl (C=O) groups excluding carboxylic acids is 3. The second kappa shape index (κ2) is 8.59. The van der Waals surface area contributed by atoms with E-state index in [0.717, 1.165) is 0 Å². The largest absolute Gasteiger partial charge is 0.325 e. The summed E-state index contributed by atoms with van der Waals surface area (Å²) in [4.78, 5) is 35.6. The molecular formula is C19H20N2O5S. The number of para-hydroxylation sites is 1. The maximum atomic E-state index is 12.4. The standard InChI is InChI=1S/C19H20N2O5S/c1-13(22)15-7-6-10-17(11-15)21-19(24)14(2)27(25,26)12-18(23)20-16-8-4-3-5-9-16/h3-11,14H,12H2,1-2H3,(H,20,23)(H,21,24). The van der Waals surface area contributed by atoms with E-state index in [2.05, 4.69) is 10.6 Å². The van der Waals surface area contributed by atoms with E-state index in [1.807, 2.05) is 0 Å². The number of rotatable bonds is 7. The number of anilines is 2. The molecule has 142 valence electrons. The molecule has 27 heavy (non-hydrogen) atoms. The van der Waals surface area contributed by atoms with Crippen molar-refractivity contribution in [3.05, 3.63) is 60.2 Å². The quantitative estimate of drug-likeness (QED) is 0.707. The van der Waals surface area contributed by atoms with Crippen molar-refractivity contribution in [1.29, 1.82) is 0 Å². The van der Waals surface area contributed by atoms with Gasteiger partial charge in [-0.25, -0.2) is 8.42 Å². The summed E-state index contributed by atoms with van der Waals surface area (Å²) in [6, 6.07) is 14.6. The Morgan fingerprint density at radius 2 is 1.56 bits per heavy atom. The summed E-state index contributed by atoms with van der Waals surface area (Å²) in [5.74, 6) is -2.49. The van der Waals surface area contributed by atoms with E-state index in [0.29, 0.717) is 16.9 Å². The smallest absolute Gasteiger partial charge is 0.242 e. The maximum absolute atomic E-state index is 12.4. The van der Waals surface area contributed by atoms with Gasteiger partial charge >= 0.3 is 0 Å². The van der Waals surface area contributed by atoms with Crippen molar-refractivity contribution in [3.8, 4) is 0 Å². The molecule has 7 nitrogen and oxygen atoms in total. The van der Waals surface area contributed by atoms with Crippen LogP contribution in [0.25, 0.3) is 0 Å². The lowest BCUT2D eigenvalue weighted by Crippen LogP contribution is -2.37. The molecule has 0 aliphatic heterocycles. The normalized spacial score (nSPS) is 12.1. The van der Waals surface area contributed by atoms with Gasteiger partial charge in [0.05, 0.1) is 0 Å². The highest BCUT2D eigenvalue weighted by Crippen LogP contribution is 2.14. The number of ketones is 1. The summed E-state index contributed by atoms with van der Waals surface area (Å²) >= 11 is 0. The highest BCUT2D eigenvalue weighted by atomic mass is 32.2. The van der Waals surface area contributed by atoms with E-state index in [9.17, 15) is 22.8 Å². The lowest BCUT2D eigenvalue weighted by Gasteiger charge is -2.14. The van der Waals surface area contributed by atoms with E-state index in [1.165, 1.54) is 19.9 Å². The van der Waals surface area contributed by atoms with E-state index < -0.39 is 32.7 Å². The van der Waals surface area contributed by atoms with Crippen LogP contribution in [0.5, 0.6) is 0 Å². The lowest BCUT2D eigenvalue weighted by atomic mass is 10.1. The minimum Gasteiger partial charge on any atom is -0.325 e. The Kier molecular flexibility index (Phi) is 6.46. The van der Waals surface area contributed by atoms with Crippen LogP contribution in [0.4, 0.5) is 11.4 Å². The minimum atomic E-state index is -4.02. The van der Waals surface area contributed by atoms with Gasteiger partial charge in [0.25, 0.3) is 0 Å². The maximum Gasteiger partial charge on any atom is 0.242 e. The fraction of sp³-hybridized carbons (Fsp3) is 0.211. The first kappa shape index (κ1) is 20.3. The highest BCUT2D eigenvalue weighted by molar-refractivity contribution is 7.93. The molecule has 8 heteroatoms. The SMILES string of the molecule is CC(=O)c1cccc(NC(=O)C(C)S(=O)(=O)CC(=O)Nc2ccccc2)c1. The van der Waals surface area contributed by atoms with Crippen molar-refractivity contribution in [1.82, 2.24) is 0 Å². The van der Waals surface area contributed by atoms with Gasteiger partial charge in [0, 0.05) is 16.9 Å². The Morgan fingerprint density at radius 1 is 0.926 bits per heavy atom. The van der Waals surface area contributed by atoms with Crippen LogP contribution in [0.1, 0.15) is 24.2 Å². The van der Waals surface area contributed by atoms with Crippen LogP contribution in [-0.2, 0) is 19.4 Å². The second-order valence-corrected chi connectivity index (χ2v) is 8.31. The van der Waals surface area contributed by atoms with Gasteiger partial charge in [0.1, 0.15) is 11.0 Å². The summed E-state index contributed by atoms with van der Waals surface area (Å²) in [5, 5.41) is 3.51. The van der Waals surface area contributed by atoms with Crippen molar-refractivity contribution < 1.29 is 22.8 Å². The molecule has 1 atom stereocenters. The first-order valence-corrected chi connectivity index (χ1v) is 9.89. The topological polar surface area (TPSA) is 109 Å². The third kappa shape index (κ3) is 5.75. The molecule has 0 spiro atoms. The lowest BCUT2D eigenvalue weighted by molar-refractivity contribution is -0.115. The fourth-order valence-corrected chi connectivity index (χ4v) is 3.32. The molecule has 0 fully saturated rings. The van der Waals surface area contributed by atoms with Crippen LogP contribution >= 0.6 is 0 Å². The highest BCUT2D eigenvalue weighted by Gasteiger charge is 2.30. The molecule has 2 amide bonds. The zero-order valence-corrected chi connectivity index (χ0v) is 15.7. The van der Waals surface area contributed by atoms with Crippen LogP contribution < -0.4 is 10.6 Å². The number of amides is 2. The van der Waals surface area contributed by atoms with E-state index in [4.69, 9.17) is 0 Å². The molecule has 2 aromatic rings. The van der Waals surface area contributed by atoms with Crippen LogP contribution in [0.15, 0.2) is 54.6 Å². The molecule has 2 rings (SSSR count). The fourth-order valence-electron chi connectivity index (χ4n) is 2.25. The molecule has 0 radical (unpaired) electrons. The van der Waals surface area contributed by atoms with Crippen molar-refractivity contribution in [2.45, 2.75) is 19.1 Å². The summed E-state index contributed by atoms with van der Waals surface area (Å²) in [7, 11) is -4.02. The molecule has 0 saturated heterocycles. The van der Waals surface area contributed by atoms with Gasteiger partial charge < -0.3 is 10.6 Å². The van der Waals surface area contributed by atoms with Crippen LogP contribution in [0, 0.1) is 0 Å². The molecule has 0 aliphatic carbocycles. The predicted molar refractivity (Wildman–Crippen MR) is 103 cm³/mol. The van der Waals surface area contributed by atoms with Gasteiger partial charge in [-0.05, 0) is 38.1 Å². The number of hydrogen-bond donors (Lipinski definition) is 2. The molecule has 0 saturated carbocycles. The van der Waals surface area contributed by atoms with Gasteiger partial charge in [0.2, 0.25) is 11.8 Å². The van der Waals surface area contributed by atoms with Gasteiger partial charge in [-0.1, -0.05) is 30.3 Å². The van der Waals surface area contributed by atoms with E-state index >= 15 is 0 Å². The number of hydrogen-bond acceptors (Lipinski definition) is 5. The summed E-state index contributed by atoms with van der Waals surface area (Å²) < 4.78 is 24.7. The molecule has 0 bridgehead atoms. The molecule has 0 aromatic heterocycles. The van der Waals surface area contributed by atoms with Crippen molar-refractivity contribution >= 4 is 38.8 Å². The van der Waals surface area contributed by atoms with Crippen molar-refractivity contribution in [3.63, 3.8) is 0 Å². The van der Waals surface area contributed by atoms with Gasteiger partial charge in [0.15, 0.2) is 15.6 Å². The number of nitrogens with one attached hydrogen (secondary N) is 2. The Hall–Kier alpha value is -3.00. The Labute approximate surface area is 157 Å². The molecule has 1 unspecified atom stereocenters. The average Bonchev–Trinajstić information content (AvgIpc) is 2.61. The zero-order valence-electron chi connectivity index (χ0n) is 14.9. The summed E-state index contributed by atoms with van der Waals surface area (Å²) in [6.45, 7) is 2.61. The molecular weight excluding hydrogens is 368 g/mol. The second-order valence-electron chi connectivity index (χ2n) is 5.99. The Bertz CT molecular complexity index is 955. The summed E-state index contributed by atoms with van der Waals surface area (Å²) in [6.07, 6.45) is 0. The number of carbonyl (C=O) groups is 3. The van der Waals surface area contributed by atoms with Gasteiger partial charge in [-0.3, -0.25) is 14.4 Å². The third-order valence-electron chi connectivity index (χ3n) is 3.83. The van der Waals surface area contributed by atoms with Crippen LogP contribution in [0.2, 0.25) is 0 Å². The number of benzene rings is 2. The average molecular weight is 388 g/mol. The number of sulfone groups is 1. The molecule has 2 N–H and O–H groups in total. The summed E-state index contributed by atoms with van der Waals surface area (Å²) in [5.41, 5.74) is 1.17. The zero-order chi connectivity index (χ0) is 20.0. The van der Waals surface area contributed by atoms with Crippen LogP contribution in [-0.4, -0.2) is 37.0 Å². The Morgan fingerprint density at radius 3 is 2.19 bits per heavy atom. The first-order chi connectivity index (χ1) is 12.7. The third-order valence-corrected chi connectivity index (χ3v) is 5.79. The first-order valence-electron chi connectivity index (χ1n) is 8.17. The molecule has 0 aliphatic rings. The number of Topliss-reactive ketones (excluding diaryl/α,β-unsaturated/α-hetero) is 1.